The lowest BCUT2D eigenvalue weighted by Crippen LogP contribution is -2.13. The SMILES string of the molecule is Cc1cc(C)n(-c2ccc(C(=O)Nc3cc(CC4CCCCC4)[nH]n3)cn2)n1. The van der Waals surface area contributed by atoms with Gasteiger partial charge in [0.1, 0.15) is 0 Å². The molecule has 0 unspecified atom stereocenters. The Hall–Kier alpha value is -2.96. The zero-order valence-corrected chi connectivity index (χ0v) is 16.4. The first kappa shape index (κ1) is 18.4. The maximum absolute atomic E-state index is 12.5. The van der Waals surface area contributed by atoms with E-state index in [1.54, 1.807) is 23.0 Å². The number of aromatic nitrogens is 5. The Morgan fingerprint density at radius 3 is 2.71 bits per heavy atom. The van der Waals surface area contributed by atoms with Gasteiger partial charge < -0.3 is 5.32 Å². The lowest BCUT2D eigenvalue weighted by molar-refractivity contribution is 0.102. The third-order valence-corrected chi connectivity index (χ3v) is 5.34. The molecule has 146 valence electrons. The number of carbonyl (C=O) groups is 1. The van der Waals surface area contributed by atoms with Gasteiger partial charge in [-0.25, -0.2) is 9.67 Å². The topological polar surface area (TPSA) is 88.5 Å². The number of anilines is 1. The average Bonchev–Trinajstić information content (AvgIpc) is 3.28. The van der Waals surface area contributed by atoms with E-state index in [0.29, 0.717) is 17.2 Å². The second-order valence-corrected chi connectivity index (χ2v) is 7.68. The molecule has 0 radical (unpaired) electrons. The van der Waals surface area contributed by atoms with Crippen molar-refractivity contribution < 1.29 is 4.79 Å². The Bertz CT molecular complexity index is 950. The quantitative estimate of drug-likeness (QED) is 0.703. The van der Waals surface area contributed by atoms with E-state index in [4.69, 9.17) is 0 Å². The summed E-state index contributed by atoms with van der Waals surface area (Å²) < 4.78 is 1.77. The van der Waals surface area contributed by atoms with Crippen molar-refractivity contribution in [2.75, 3.05) is 5.32 Å². The van der Waals surface area contributed by atoms with Crippen molar-refractivity contribution in [2.45, 2.75) is 52.4 Å². The fourth-order valence-corrected chi connectivity index (χ4v) is 3.93. The van der Waals surface area contributed by atoms with E-state index in [0.717, 1.165) is 29.4 Å². The van der Waals surface area contributed by atoms with Gasteiger partial charge in [0.2, 0.25) is 0 Å². The van der Waals surface area contributed by atoms with Crippen molar-refractivity contribution in [3.8, 4) is 5.82 Å². The number of hydrogen-bond donors (Lipinski definition) is 2. The lowest BCUT2D eigenvalue weighted by Gasteiger charge is -2.20. The summed E-state index contributed by atoms with van der Waals surface area (Å²) >= 11 is 0. The van der Waals surface area contributed by atoms with Gasteiger partial charge in [0.05, 0.1) is 11.3 Å². The van der Waals surface area contributed by atoms with Gasteiger partial charge in [-0.3, -0.25) is 9.89 Å². The second-order valence-electron chi connectivity index (χ2n) is 7.68. The van der Waals surface area contributed by atoms with Crippen LogP contribution >= 0.6 is 0 Å². The number of aromatic amines is 1. The zero-order valence-electron chi connectivity index (χ0n) is 16.4. The normalized spacial score (nSPS) is 14.9. The summed E-state index contributed by atoms with van der Waals surface area (Å²) in [5.41, 5.74) is 3.51. The molecule has 2 N–H and O–H groups in total. The van der Waals surface area contributed by atoms with Crippen molar-refractivity contribution in [1.29, 1.82) is 0 Å². The molecule has 3 aromatic rings. The zero-order chi connectivity index (χ0) is 19.5. The van der Waals surface area contributed by atoms with E-state index in [9.17, 15) is 4.79 Å². The van der Waals surface area contributed by atoms with Crippen molar-refractivity contribution in [3.63, 3.8) is 0 Å². The summed E-state index contributed by atoms with van der Waals surface area (Å²) in [4.78, 5) is 16.9. The van der Waals surface area contributed by atoms with Crippen molar-refractivity contribution in [3.05, 3.63) is 53.1 Å². The van der Waals surface area contributed by atoms with Crippen LogP contribution in [0.15, 0.2) is 30.5 Å². The summed E-state index contributed by atoms with van der Waals surface area (Å²) in [6.45, 7) is 3.92. The standard InChI is InChI=1S/C21H26N6O/c1-14-10-15(2)27(26-14)20-9-8-17(13-22-20)21(28)23-19-12-18(24-25-19)11-16-6-4-3-5-7-16/h8-10,12-13,16H,3-7,11H2,1-2H3,(H2,23,24,25,28). The molecule has 1 saturated carbocycles. The van der Waals surface area contributed by atoms with E-state index in [1.807, 2.05) is 26.0 Å². The van der Waals surface area contributed by atoms with Crippen LogP contribution in [0.2, 0.25) is 0 Å². The molecule has 7 heteroatoms. The molecule has 3 aromatic heterocycles. The predicted molar refractivity (Wildman–Crippen MR) is 108 cm³/mol. The van der Waals surface area contributed by atoms with Crippen LogP contribution < -0.4 is 5.32 Å². The highest BCUT2D eigenvalue weighted by atomic mass is 16.1. The smallest absolute Gasteiger partial charge is 0.258 e. The van der Waals surface area contributed by atoms with E-state index < -0.39 is 0 Å². The third-order valence-electron chi connectivity index (χ3n) is 5.34. The molecule has 0 aliphatic heterocycles. The molecule has 1 fully saturated rings. The molecule has 4 rings (SSSR count). The van der Waals surface area contributed by atoms with Crippen molar-refractivity contribution >= 4 is 11.7 Å². The average molecular weight is 378 g/mol. The molecule has 1 aliphatic rings. The molecule has 1 aliphatic carbocycles. The molecule has 0 atom stereocenters. The highest BCUT2D eigenvalue weighted by Gasteiger charge is 2.16. The predicted octanol–water partition coefficient (Wildman–Crippen LogP) is 3.98. The minimum atomic E-state index is -0.219. The first-order chi connectivity index (χ1) is 13.6. The summed E-state index contributed by atoms with van der Waals surface area (Å²) in [6.07, 6.45) is 9.14. The third kappa shape index (κ3) is 4.13. The van der Waals surface area contributed by atoms with Crippen LogP contribution in [0, 0.1) is 19.8 Å². The van der Waals surface area contributed by atoms with Gasteiger partial charge >= 0.3 is 0 Å². The molecular weight excluding hydrogens is 352 g/mol. The summed E-state index contributed by atoms with van der Waals surface area (Å²) in [7, 11) is 0. The minimum absolute atomic E-state index is 0.219. The summed E-state index contributed by atoms with van der Waals surface area (Å²) in [5.74, 6) is 1.75. The van der Waals surface area contributed by atoms with Crippen LogP contribution in [0.5, 0.6) is 0 Å². The number of pyridine rings is 1. The van der Waals surface area contributed by atoms with Crippen LogP contribution in [0.1, 0.15) is 59.5 Å². The number of aryl methyl sites for hydroxylation is 2. The van der Waals surface area contributed by atoms with Crippen LogP contribution in [-0.2, 0) is 6.42 Å². The maximum Gasteiger partial charge on any atom is 0.258 e. The highest BCUT2D eigenvalue weighted by Crippen LogP contribution is 2.26. The first-order valence-electron chi connectivity index (χ1n) is 9.94. The van der Waals surface area contributed by atoms with Gasteiger partial charge in [0.25, 0.3) is 5.91 Å². The monoisotopic (exact) mass is 378 g/mol. The molecule has 7 nitrogen and oxygen atoms in total. The van der Waals surface area contributed by atoms with Crippen molar-refractivity contribution in [1.82, 2.24) is 25.0 Å². The molecule has 0 spiro atoms. The van der Waals surface area contributed by atoms with Crippen LogP contribution in [0.3, 0.4) is 0 Å². The number of H-pyrrole nitrogens is 1. The molecule has 1 amide bonds. The van der Waals surface area contributed by atoms with E-state index in [1.165, 1.54) is 32.1 Å². The second kappa shape index (κ2) is 7.96. The van der Waals surface area contributed by atoms with Gasteiger partial charge in [0.15, 0.2) is 11.6 Å². The largest absolute Gasteiger partial charge is 0.305 e. The van der Waals surface area contributed by atoms with E-state index >= 15 is 0 Å². The number of rotatable bonds is 5. The molecule has 0 saturated heterocycles. The Morgan fingerprint density at radius 2 is 2.04 bits per heavy atom. The lowest BCUT2D eigenvalue weighted by atomic mass is 9.86. The Labute approximate surface area is 164 Å². The van der Waals surface area contributed by atoms with Crippen LogP contribution in [-0.4, -0.2) is 30.9 Å². The van der Waals surface area contributed by atoms with Gasteiger partial charge in [-0.2, -0.15) is 10.2 Å². The summed E-state index contributed by atoms with van der Waals surface area (Å²) in [6, 6.07) is 7.48. The van der Waals surface area contributed by atoms with Gasteiger partial charge in [-0.1, -0.05) is 32.1 Å². The number of nitrogens with one attached hydrogen (secondary N) is 2. The minimum Gasteiger partial charge on any atom is -0.305 e. The van der Waals surface area contributed by atoms with Gasteiger partial charge in [0, 0.05) is 23.7 Å². The Morgan fingerprint density at radius 1 is 1.21 bits per heavy atom. The molecule has 28 heavy (non-hydrogen) atoms. The summed E-state index contributed by atoms with van der Waals surface area (Å²) in [5, 5.41) is 14.6. The maximum atomic E-state index is 12.5. The first-order valence-corrected chi connectivity index (χ1v) is 9.94. The van der Waals surface area contributed by atoms with Crippen molar-refractivity contribution in [2.24, 2.45) is 5.92 Å². The number of carbonyl (C=O) groups excluding carboxylic acids is 1. The molecule has 0 bridgehead atoms. The number of nitrogens with zero attached hydrogens (tertiary/aromatic N) is 4. The van der Waals surface area contributed by atoms with Crippen LogP contribution in [0.25, 0.3) is 5.82 Å². The number of amides is 1. The fourth-order valence-electron chi connectivity index (χ4n) is 3.93. The Balaban J connectivity index is 1.39. The fraction of sp³-hybridized carbons (Fsp3) is 0.429. The van der Waals surface area contributed by atoms with E-state index in [-0.39, 0.29) is 5.91 Å². The highest BCUT2D eigenvalue weighted by molar-refractivity contribution is 6.03. The molecular formula is C21H26N6O. The van der Waals surface area contributed by atoms with Gasteiger partial charge in [-0.05, 0) is 44.4 Å². The molecule has 3 heterocycles. The number of hydrogen-bond acceptors (Lipinski definition) is 4. The van der Waals surface area contributed by atoms with Crippen LogP contribution in [0.4, 0.5) is 5.82 Å². The van der Waals surface area contributed by atoms with Gasteiger partial charge in [-0.15, -0.1) is 0 Å². The van der Waals surface area contributed by atoms with E-state index in [2.05, 4.69) is 25.6 Å². The molecule has 0 aromatic carbocycles. The Kier molecular flexibility index (Phi) is 5.23.